The van der Waals surface area contributed by atoms with Crippen LogP contribution in [-0.4, -0.2) is 57.8 Å². The molecule has 6 heteroatoms. The smallest absolute Gasteiger partial charge is 0.325 e. The summed E-state index contributed by atoms with van der Waals surface area (Å²) in [6.45, 7) is 10.2. The van der Waals surface area contributed by atoms with Crippen LogP contribution in [0.2, 0.25) is 0 Å². The maximum atomic E-state index is 11.9. The highest BCUT2D eigenvalue weighted by Gasteiger charge is 2.23. The van der Waals surface area contributed by atoms with Gasteiger partial charge in [-0.25, -0.2) is 0 Å². The number of esters is 1. The van der Waals surface area contributed by atoms with Gasteiger partial charge in [0.1, 0.15) is 12.6 Å². The van der Waals surface area contributed by atoms with Crippen molar-refractivity contribution in [1.29, 1.82) is 0 Å². The van der Waals surface area contributed by atoms with Gasteiger partial charge in [0.25, 0.3) is 0 Å². The molecule has 25 heavy (non-hydrogen) atoms. The number of hydrogen-bond acceptors (Lipinski definition) is 6. The number of hydrogen-bond donors (Lipinski definition) is 1. The van der Waals surface area contributed by atoms with Crippen LogP contribution in [0.15, 0.2) is 12.3 Å². The van der Waals surface area contributed by atoms with E-state index in [0.29, 0.717) is 19.6 Å². The van der Waals surface area contributed by atoms with Gasteiger partial charge in [-0.3, -0.25) is 4.79 Å². The third-order valence-electron chi connectivity index (χ3n) is 4.29. The van der Waals surface area contributed by atoms with Crippen molar-refractivity contribution in [2.24, 2.45) is 0 Å². The van der Waals surface area contributed by atoms with E-state index in [4.69, 9.17) is 18.9 Å². The van der Waals surface area contributed by atoms with Crippen molar-refractivity contribution in [1.82, 2.24) is 5.32 Å². The van der Waals surface area contributed by atoms with E-state index in [9.17, 15) is 4.79 Å². The van der Waals surface area contributed by atoms with Crippen LogP contribution in [0.4, 0.5) is 0 Å². The summed E-state index contributed by atoms with van der Waals surface area (Å²) in [5.74, 6) is -0.280. The summed E-state index contributed by atoms with van der Waals surface area (Å²) in [5.41, 5.74) is 0.755. The summed E-state index contributed by atoms with van der Waals surface area (Å²) in [6.07, 6.45) is 5.42. The minimum absolute atomic E-state index is 0.0415. The lowest BCUT2D eigenvalue weighted by Crippen LogP contribution is -2.35. The topological polar surface area (TPSA) is 66.0 Å². The summed E-state index contributed by atoms with van der Waals surface area (Å²) in [6, 6.07) is 0. The Kier molecular flexibility index (Phi) is 11.5. The molecule has 0 aromatic rings. The number of methoxy groups -OCH3 is 1. The molecular formula is C19H35NO5. The van der Waals surface area contributed by atoms with Crippen molar-refractivity contribution in [3.8, 4) is 0 Å². The number of carbonyl (C=O) groups excluding carboxylic acids is 1. The van der Waals surface area contributed by atoms with E-state index < -0.39 is 0 Å². The molecule has 0 unspecified atom stereocenters. The quantitative estimate of drug-likeness (QED) is 0.511. The van der Waals surface area contributed by atoms with E-state index in [1.54, 1.807) is 7.11 Å². The normalized spacial score (nSPS) is 19.9. The molecule has 0 spiro atoms. The molecule has 0 amide bonds. The highest BCUT2D eigenvalue weighted by molar-refractivity contribution is 5.72. The molecule has 0 aromatic carbocycles. The largest absolute Gasteiger partial charge is 0.459 e. The molecule has 0 aromatic heterocycles. The summed E-state index contributed by atoms with van der Waals surface area (Å²) >= 11 is 0. The second-order valence-corrected chi connectivity index (χ2v) is 6.40. The Balaban J connectivity index is 2.34. The van der Waals surface area contributed by atoms with Crippen LogP contribution in [0.5, 0.6) is 0 Å². The fourth-order valence-electron chi connectivity index (χ4n) is 2.91. The summed E-state index contributed by atoms with van der Waals surface area (Å²) in [4.78, 5) is 11.9. The van der Waals surface area contributed by atoms with Crippen molar-refractivity contribution in [3.63, 3.8) is 0 Å². The average Bonchev–Trinajstić information content (AvgIpc) is 2.62. The van der Waals surface area contributed by atoms with Crippen LogP contribution in [0.1, 0.15) is 52.4 Å². The third kappa shape index (κ3) is 9.23. The summed E-state index contributed by atoms with van der Waals surface area (Å²) < 4.78 is 22.1. The van der Waals surface area contributed by atoms with Crippen LogP contribution < -0.4 is 5.32 Å². The highest BCUT2D eigenvalue weighted by Crippen LogP contribution is 2.17. The molecule has 0 saturated carbocycles. The van der Waals surface area contributed by atoms with Gasteiger partial charge in [-0.2, -0.15) is 0 Å². The van der Waals surface area contributed by atoms with Crippen molar-refractivity contribution in [2.75, 3.05) is 33.5 Å². The second-order valence-electron chi connectivity index (χ2n) is 6.40. The Morgan fingerprint density at radius 2 is 2.16 bits per heavy atom. The lowest BCUT2D eigenvalue weighted by molar-refractivity contribution is -0.153. The van der Waals surface area contributed by atoms with E-state index >= 15 is 0 Å². The predicted octanol–water partition coefficient (Wildman–Crippen LogP) is 2.81. The van der Waals surface area contributed by atoms with Gasteiger partial charge in [0.2, 0.25) is 0 Å². The van der Waals surface area contributed by atoms with Crippen molar-refractivity contribution < 1.29 is 23.7 Å². The van der Waals surface area contributed by atoms with Gasteiger partial charge in [0.05, 0.1) is 18.8 Å². The molecule has 0 bridgehead atoms. The molecule has 1 rings (SSSR count). The van der Waals surface area contributed by atoms with Crippen LogP contribution in [0.25, 0.3) is 0 Å². The second kappa shape index (κ2) is 13.1. The molecule has 6 nitrogen and oxygen atoms in total. The van der Waals surface area contributed by atoms with Crippen LogP contribution in [0.3, 0.4) is 0 Å². The third-order valence-corrected chi connectivity index (χ3v) is 4.29. The molecule has 0 aliphatic carbocycles. The van der Waals surface area contributed by atoms with Crippen LogP contribution in [0, 0.1) is 0 Å². The minimum Gasteiger partial charge on any atom is -0.459 e. The van der Waals surface area contributed by atoms with Crippen molar-refractivity contribution >= 4 is 5.97 Å². The monoisotopic (exact) mass is 357 g/mol. The molecule has 1 heterocycles. The van der Waals surface area contributed by atoms with E-state index in [-0.39, 0.29) is 30.8 Å². The number of nitrogens with one attached hydrogen (secondary N) is 1. The zero-order chi connectivity index (χ0) is 18.5. The number of unbranched alkanes of at least 4 members (excludes halogenated alkanes) is 1. The standard InChI is InChI=1S/C19H35NO5/c1-5-7-10-17(24-6-2)18(22-4)12-15(3)20-13-19(21)25-16-9-8-11-23-14-16/h16-18,20H,3,5-14H2,1-2,4H3/t16-,17-,18+/m1/s1. The highest BCUT2D eigenvalue weighted by atomic mass is 16.6. The van der Waals surface area contributed by atoms with Crippen LogP contribution in [-0.2, 0) is 23.7 Å². The Hall–Kier alpha value is -1.11. The van der Waals surface area contributed by atoms with Gasteiger partial charge in [0, 0.05) is 32.4 Å². The van der Waals surface area contributed by atoms with Crippen LogP contribution >= 0.6 is 0 Å². The first-order valence-corrected chi connectivity index (χ1v) is 9.43. The van der Waals surface area contributed by atoms with Gasteiger partial charge in [-0.15, -0.1) is 0 Å². The Morgan fingerprint density at radius 3 is 2.76 bits per heavy atom. The molecule has 0 radical (unpaired) electrons. The molecule has 1 fully saturated rings. The SMILES string of the molecule is C=C(C[C@H](OC)[C@@H](CCCC)OCC)NCC(=O)O[C@@H]1CCCOC1. The van der Waals surface area contributed by atoms with Gasteiger partial charge >= 0.3 is 5.97 Å². The Labute approximate surface area is 152 Å². The average molecular weight is 357 g/mol. The lowest BCUT2D eigenvalue weighted by Gasteiger charge is -2.27. The lowest BCUT2D eigenvalue weighted by atomic mass is 10.0. The van der Waals surface area contributed by atoms with Gasteiger partial charge in [-0.1, -0.05) is 26.3 Å². The first kappa shape index (κ1) is 21.9. The molecule has 3 atom stereocenters. The van der Waals surface area contributed by atoms with E-state index in [2.05, 4.69) is 18.8 Å². The zero-order valence-electron chi connectivity index (χ0n) is 16.1. The predicted molar refractivity (Wildman–Crippen MR) is 97.4 cm³/mol. The van der Waals surface area contributed by atoms with E-state index in [0.717, 1.165) is 44.4 Å². The first-order chi connectivity index (χ1) is 12.1. The van der Waals surface area contributed by atoms with Crippen molar-refractivity contribution in [2.45, 2.75) is 70.7 Å². The fraction of sp³-hybridized carbons (Fsp3) is 0.842. The maximum absolute atomic E-state index is 11.9. The number of ether oxygens (including phenoxy) is 4. The number of carbonyl (C=O) groups is 1. The molecule has 1 N–H and O–H groups in total. The summed E-state index contributed by atoms with van der Waals surface area (Å²) in [7, 11) is 1.69. The Bertz CT molecular complexity index is 382. The van der Waals surface area contributed by atoms with E-state index in [1.807, 2.05) is 6.92 Å². The molecule has 1 aliphatic heterocycles. The van der Waals surface area contributed by atoms with Crippen molar-refractivity contribution in [3.05, 3.63) is 12.3 Å². The molecular weight excluding hydrogens is 322 g/mol. The zero-order valence-corrected chi connectivity index (χ0v) is 16.1. The van der Waals surface area contributed by atoms with E-state index in [1.165, 1.54) is 0 Å². The fourth-order valence-corrected chi connectivity index (χ4v) is 2.91. The molecule has 146 valence electrons. The summed E-state index contributed by atoms with van der Waals surface area (Å²) in [5, 5.41) is 3.04. The molecule has 1 aliphatic rings. The maximum Gasteiger partial charge on any atom is 0.325 e. The number of rotatable bonds is 13. The minimum atomic E-state index is -0.280. The van der Waals surface area contributed by atoms with Gasteiger partial charge in [-0.05, 0) is 26.2 Å². The first-order valence-electron chi connectivity index (χ1n) is 9.43. The molecule has 1 saturated heterocycles. The van der Waals surface area contributed by atoms with Gasteiger partial charge < -0.3 is 24.3 Å². The van der Waals surface area contributed by atoms with Gasteiger partial charge in [0.15, 0.2) is 0 Å². The Morgan fingerprint density at radius 1 is 1.36 bits per heavy atom.